The first-order valence-electron chi connectivity index (χ1n) is 5.90. The Labute approximate surface area is 108 Å². The van der Waals surface area contributed by atoms with Crippen molar-refractivity contribution in [3.8, 4) is 5.75 Å². The smallest absolute Gasteiger partial charge is 0.308 e. The maximum Gasteiger partial charge on any atom is 0.308 e. The normalized spacial score (nSPS) is 8.94. The molecule has 4 heteroatoms. The first-order valence-corrected chi connectivity index (χ1v) is 5.90. The minimum atomic E-state index is -0.351. The Morgan fingerprint density at radius 2 is 1.72 bits per heavy atom. The van der Waals surface area contributed by atoms with Gasteiger partial charge in [-0.05, 0) is 30.2 Å². The van der Waals surface area contributed by atoms with Crippen LogP contribution in [0.2, 0.25) is 0 Å². The number of carbonyl (C=O) groups is 2. The molecule has 0 spiro atoms. The minimum Gasteiger partial charge on any atom is -0.461 e. The molecule has 0 fully saturated rings. The molecule has 1 rings (SSSR count). The Balaban J connectivity index is 0.00000137. The molecule has 0 bridgehead atoms. The number of benzene rings is 1. The van der Waals surface area contributed by atoms with Gasteiger partial charge in [-0.15, -0.1) is 0 Å². The van der Waals surface area contributed by atoms with E-state index in [-0.39, 0.29) is 18.5 Å². The van der Waals surface area contributed by atoms with E-state index in [0.29, 0.717) is 5.75 Å². The van der Waals surface area contributed by atoms with E-state index in [0.717, 1.165) is 11.1 Å². The lowest BCUT2D eigenvalue weighted by Crippen LogP contribution is -2.04. The van der Waals surface area contributed by atoms with E-state index in [9.17, 15) is 9.59 Å². The van der Waals surface area contributed by atoms with Crippen molar-refractivity contribution in [1.29, 1.82) is 0 Å². The summed E-state index contributed by atoms with van der Waals surface area (Å²) < 4.78 is 9.84. The van der Waals surface area contributed by atoms with E-state index >= 15 is 0 Å². The van der Waals surface area contributed by atoms with Crippen LogP contribution in [-0.4, -0.2) is 11.9 Å². The van der Waals surface area contributed by atoms with E-state index in [1.165, 1.54) is 13.8 Å². The third-order valence-electron chi connectivity index (χ3n) is 1.94. The van der Waals surface area contributed by atoms with Gasteiger partial charge in [-0.25, -0.2) is 0 Å². The number of ether oxygens (including phenoxy) is 2. The summed E-state index contributed by atoms with van der Waals surface area (Å²) in [7, 11) is 0. The average Bonchev–Trinajstić information content (AvgIpc) is 2.32. The average molecular weight is 252 g/mol. The van der Waals surface area contributed by atoms with Crippen molar-refractivity contribution in [1.82, 2.24) is 0 Å². The van der Waals surface area contributed by atoms with Gasteiger partial charge >= 0.3 is 11.9 Å². The van der Waals surface area contributed by atoms with Crippen LogP contribution in [-0.2, 0) is 20.9 Å². The molecule has 1 aromatic carbocycles. The van der Waals surface area contributed by atoms with E-state index in [1.807, 2.05) is 26.8 Å². The zero-order chi connectivity index (χ0) is 14.1. The number of carbonyl (C=O) groups excluding carboxylic acids is 2. The van der Waals surface area contributed by atoms with Crippen molar-refractivity contribution in [2.75, 3.05) is 0 Å². The van der Waals surface area contributed by atoms with Gasteiger partial charge in [0.1, 0.15) is 12.4 Å². The predicted molar refractivity (Wildman–Crippen MR) is 69.3 cm³/mol. The summed E-state index contributed by atoms with van der Waals surface area (Å²) in [5.41, 5.74) is 1.70. The SMILES string of the molecule is CC.CC(=O)OCc1ccc(OC(C)=O)c(C)c1. The maximum atomic E-state index is 10.8. The molecule has 0 aromatic heterocycles. The van der Waals surface area contributed by atoms with Gasteiger partial charge in [0.25, 0.3) is 0 Å². The molecule has 0 aliphatic rings. The Morgan fingerprint density at radius 1 is 1.11 bits per heavy atom. The Morgan fingerprint density at radius 3 is 2.17 bits per heavy atom. The van der Waals surface area contributed by atoms with E-state index in [2.05, 4.69) is 0 Å². The maximum absolute atomic E-state index is 10.8. The van der Waals surface area contributed by atoms with Crippen LogP contribution < -0.4 is 4.74 Å². The van der Waals surface area contributed by atoms with E-state index in [1.54, 1.807) is 12.1 Å². The Hall–Kier alpha value is -1.84. The highest BCUT2D eigenvalue weighted by atomic mass is 16.5. The van der Waals surface area contributed by atoms with Crippen LogP contribution in [0.3, 0.4) is 0 Å². The molecule has 0 atom stereocenters. The molecule has 100 valence electrons. The highest BCUT2D eigenvalue weighted by Gasteiger charge is 2.04. The van der Waals surface area contributed by atoms with Crippen LogP contribution in [0.25, 0.3) is 0 Å². The van der Waals surface area contributed by atoms with Gasteiger partial charge in [-0.2, -0.15) is 0 Å². The zero-order valence-corrected chi connectivity index (χ0v) is 11.6. The number of aryl methyl sites for hydroxylation is 1. The lowest BCUT2D eigenvalue weighted by molar-refractivity contribution is -0.142. The van der Waals surface area contributed by atoms with Gasteiger partial charge in [-0.3, -0.25) is 9.59 Å². The second-order valence-corrected chi connectivity index (χ2v) is 3.47. The lowest BCUT2D eigenvalue weighted by Gasteiger charge is -2.07. The minimum absolute atomic E-state index is 0.233. The first kappa shape index (κ1) is 16.2. The largest absolute Gasteiger partial charge is 0.461 e. The standard InChI is InChI=1S/C12H14O4.C2H6/c1-8-6-11(7-15-9(2)13)4-5-12(8)16-10(3)14;1-2/h4-6H,7H2,1-3H3;1-2H3. The number of rotatable bonds is 3. The molecule has 0 N–H and O–H groups in total. The molecular formula is C14H20O4. The summed E-state index contributed by atoms with van der Waals surface area (Å²) in [4.78, 5) is 21.4. The Bertz CT molecular complexity index is 410. The quantitative estimate of drug-likeness (QED) is 0.613. The summed E-state index contributed by atoms with van der Waals surface area (Å²) in [6, 6.07) is 5.27. The highest BCUT2D eigenvalue weighted by molar-refractivity contribution is 5.69. The fourth-order valence-electron chi connectivity index (χ4n) is 1.26. The third kappa shape index (κ3) is 6.03. The molecular weight excluding hydrogens is 232 g/mol. The molecule has 0 aliphatic carbocycles. The fraction of sp³-hybridized carbons (Fsp3) is 0.429. The monoisotopic (exact) mass is 252 g/mol. The summed E-state index contributed by atoms with van der Waals surface area (Å²) >= 11 is 0. The van der Waals surface area contributed by atoms with Crippen molar-refractivity contribution in [3.05, 3.63) is 29.3 Å². The first-order chi connectivity index (χ1) is 8.49. The van der Waals surface area contributed by atoms with Crippen LogP contribution in [0, 0.1) is 6.92 Å². The molecule has 0 saturated carbocycles. The van der Waals surface area contributed by atoms with Gasteiger partial charge in [0, 0.05) is 13.8 Å². The van der Waals surface area contributed by atoms with Crippen LogP contribution in [0.5, 0.6) is 5.75 Å². The molecule has 0 amide bonds. The summed E-state index contributed by atoms with van der Waals surface area (Å²) in [6.07, 6.45) is 0. The summed E-state index contributed by atoms with van der Waals surface area (Å²) in [5, 5.41) is 0. The van der Waals surface area contributed by atoms with Crippen LogP contribution in [0.1, 0.15) is 38.8 Å². The number of hydrogen-bond acceptors (Lipinski definition) is 4. The van der Waals surface area contributed by atoms with Gasteiger partial charge < -0.3 is 9.47 Å². The van der Waals surface area contributed by atoms with Crippen molar-refractivity contribution in [2.45, 2.75) is 41.2 Å². The van der Waals surface area contributed by atoms with Crippen LogP contribution in [0.15, 0.2) is 18.2 Å². The summed E-state index contributed by atoms with van der Waals surface area (Å²) in [6.45, 7) is 8.78. The Kier molecular flexibility index (Phi) is 7.43. The zero-order valence-electron chi connectivity index (χ0n) is 11.6. The topological polar surface area (TPSA) is 52.6 Å². The van der Waals surface area contributed by atoms with Crippen LogP contribution in [0.4, 0.5) is 0 Å². The lowest BCUT2D eigenvalue weighted by atomic mass is 10.1. The molecule has 0 saturated heterocycles. The highest BCUT2D eigenvalue weighted by Crippen LogP contribution is 2.19. The second-order valence-electron chi connectivity index (χ2n) is 3.47. The molecule has 1 aromatic rings. The van der Waals surface area contributed by atoms with Gasteiger partial charge in [0.05, 0.1) is 0 Å². The van der Waals surface area contributed by atoms with Crippen LogP contribution >= 0.6 is 0 Å². The van der Waals surface area contributed by atoms with Crippen molar-refractivity contribution >= 4 is 11.9 Å². The molecule has 0 heterocycles. The molecule has 18 heavy (non-hydrogen) atoms. The number of esters is 2. The number of hydrogen-bond donors (Lipinski definition) is 0. The second kappa shape index (κ2) is 8.28. The van der Waals surface area contributed by atoms with Gasteiger partial charge in [-0.1, -0.05) is 19.9 Å². The summed E-state index contributed by atoms with van der Waals surface area (Å²) in [5.74, 6) is -0.142. The van der Waals surface area contributed by atoms with Crippen molar-refractivity contribution in [2.24, 2.45) is 0 Å². The molecule has 0 radical (unpaired) electrons. The van der Waals surface area contributed by atoms with Crippen molar-refractivity contribution in [3.63, 3.8) is 0 Å². The molecule has 0 unspecified atom stereocenters. The van der Waals surface area contributed by atoms with E-state index < -0.39 is 0 Å². The predicted octanol–water partition coefficient (Wildman–Crippen LogP) is 3.01. The van der Waals surface area contributed by atoms with Crippen molar-refractivity contribution < 1.29 is 19.1 Å². The fourth-order valence-corrected chi connectivity index (χ4v) is 1.26. The van der Waals surface area contributed by atoms with Gasteiger partial charge in [0.2, 0.25) is 0 Å². The molecule has 4 nitrogen and oxygen atoms in total. The molecule has 0 aliphatic heterocycles. The van der Waals surface area contributed by atoms with E-state index in [4.69, 9.17) is 9.47 Å². The van der Waals surface area contributed by atoms with Gasteiger partial charge in [0.15, 0.2) is 0 Å². The third-order valence-corrected chi connectivity index (χ3v) is 1.94.